The molecule has 0 unspecified atom stereocenters. The first-order valence-corrected chi connectivity index (χ1v) is 10.2. The van der Waals surface area contributed by atoms with Gasteiger partial charge in [0.1, 0.15) is 0 Å². The third-order valence-electron chi connectivity index (χ3n) is 4.27. The maximum absolute atomic E-state index is 11.7. The summed E-state index contributed by atoms with van der Waals surface area (Å²) in [5, 5.41) is 3.01. The molecule has 142 valence electrons. The van der Waals surface area contributed by atoms with Crippen molar-refractivity contribution >= 4 is 5.91 Å². The Morgan fingerprint density at radius 1 is 0.833 bits per heavy atom. The summed E-state index contributed by atoms with van der Waals surface area (Å²) in [6.07, 6.45) is 20.4. The van der Waals surface area contributed by atoms with Crippen molar-refractivity contribution in [2.75, 3.05) is 27.2 Å². The van der Waals surface area contributed by atoms with Crippen LogP contribution in [0.3, 0.4) is 0 Å². The summed E-state index contributed by atoms with van der Waals surface area (Å²) in [6, 6.07) is 0. The number of allylic oxidation sites excluding steroid dienone is 2. The molecule has 0 saturated heterocycles. The van der Waals surface area contributed by atoms with Gasteiger partial charge in [0.25, 0.3) is 0 Å². The molecule has 3 heteroatoms. The highest BCUT2D eigenvalue weighted by atomic mass is 16.1. The van der Waals surface area contributed by atoms with Gasteiger partial charge < -0.3 is 10.2 Å². The van der Waals surface area contributed by atoms with Gasteiger partial charge >= 0.3 is 0 Å². The summed E-state index contributed by atoms with van der Waals surface area (Å²) in [7, 11) is 4.12. The molecule has 0 heterocycles. The molecule has 0 aromatic heterocycles. The minimum atomic E-state index is 0.222. The zero-order valence-corrected chi connectivity index (χ0v) is 16.6. The van der Waals surface area contributed by atoms with Crippen molar-refractivity contribution in [3.05, 3.63) is 12.2 Å². The van der Waals surface area contributed by atoms with Crippen LogP contribution in [-0.2, 0) is 4.79 Å². The van der Waals surface area contributed by atoms with Gasteiger partial charge in [0, 0.05) is 13.0 Å². The Morgan fingerprint density at radius 2 is 1.42 bits per heavy atom. The van der Waals surface area contributed by atoms with Crippen LogP contribution in [0.1, 0.15) is 90.4 Å². The van der Waals surface area contributed by atoms with Gasteiger partial charge in [-0.15, -0.1) is 0 Å². The molecule has 1 amide bonds. The molecule has 0 aliphatic heterocycles. The van der Waals surface area contributed by atoms with Crippen molar-refractivity contribution in [1.82, 2.24) is 10.2 Å². The number of amides is 1. The van der Waals surface area contributed by atoms with Gasteiger partial charge in [-0.05, 0) is 59.2 Å². The molecular weight excluding hydrogens is 296 g/mol. The molecule has 0 spiro atoms. The number of rotatable bonds is 17. The Kier molecular flexibility index (Phi) is 17.9. The van der Waals surface area contributed by atoms with E-state index < -0.39 is 0 Å². The fourth-order valence-corrected chi connectivity index (χ4v) is 2.71. The lowest BCUT2D eigenvalue weighted by Gasteiger charge is -2.09. The predicted molar refractivity (Wildman–Crippen MR) is 106 cm³/mol. The molecule has 1 N–H and O–H groups in total. The predicted octanol–water partition coefficient (Wildman–Crippen LogP) is 5.31. The quantitative estimate of drug-likeness (QED) is 0.288. The highest BCUT2D eigenvalue weighted by Gasteiger charge is 2.00. The van der Waals surface area contributed by atoms with Gasteiger partial charge in [-0.25, -0.2) is 0 Å². The van der Waals surface area contributed by atoms with Crippen molar-refractivity contribution in [3.63, 3.8) is 0 Å². The molecule has 0 rings (SSSR count). The van der Waals surface area contributed by atoms with Crippen LogP contribution in [0.4, 0.5) is 0 Å². The maximum Gasteiger partial charge on any atom is 0.219 e. The molecule has 3 nitrogen and oxygen atoms in total. The second-order valence-corrected chi connectivity index (χ2v) is 7.13. The van der Waals surface area contributed by atoms with E-state index in [0.717, 1.165) is 25.9 Å². The Hall–Kier alpha value is -0.830. The lowest BCUT2D eigenvalue weighted by Crippen LogP contribution is -2.26. The van der Waals surface area contributed by atoms with Crippen LogP contribution in [0.2, 0.25) is 0 Å². The number of nitrogens with one attached hydrogen (secondary N) is 1. The highest BCUT2D eigenvalue weighted by molar-refractivity contribution is 5.75. The summed E-state index contributed by atoms with van der Waals surface area (Å²) in [4.78, 5) is 13.8. The van der Waals surface area contributed by atoms with Crippen molar-refractivity contribution in [2.45, 2.75) is 90.4 Å². The van der Waals surface area contributed by atoms with Gasteiger partial charge in [0.2, 0.25) is 5.91 Å². The molecule has 0 aliphatic rings. The van der Waals surface area contributed by atoms with E-state index in [2.05, 4.69) is 43.4 Å². The number of nitrogens with zero attached hydrogens (tertiary/aromatic N) is 1. The van der Waals surface area contributed by atoms with Crippen LogP contribution in [0, 0.1) is 0 Å². The monoisotopic (exact) mass is 338 g/mol. The van der Waals surface area contributed by atoms with Gasteiger partial charge in [0.05, 0.1) is 0 Å². The van der Waals surface area contributed by atoms with E-state index in [1.165, 1.54) is 64.2 Å². The van der Waals surface area contributed by atoms with Crippen LogP contribution in [0.15, 0.2) is 12.2 Å². The number of carbonyl (C=O) groups excluding carboxylic acids is 1. The molecule has 0 aliphatic carbocycles. The zero-order valence-electron chi connectivity index (χ0n) is 16.6. The third-order valence-corrected chi connectivity index (χ3v) is 4.27. The number of hydrogen-bond donors (Lipinski definition) is 1. The van der Waals surface area contributed by atoms with E-state index in [0.29, 0.717) is 6.42 Å². The van der Waals surface area contributed by atoms with Crippen LogP contribution in [0.5, 0.6) is 0 Å². The first-order chi connectivity index (χ1) is 11.7. The summed E-state index contributed by atoms with van der Waals surface area (Å²) in [5.41, 5.74) is 0. The van der Waals surface area contributed by atoms with Crippen molar-refractivity contribution in [3.8, 4) is 0 Å². The summed E-state index contributed by atoms with van der Waals surface area (Å²) >= 11 is 0. The summed E-state index contributed by atoms with van der Waals surface area (Å²) in [6.45, 7) is 4.10. The Labute approximate surface area is 151 Å². The topological polar surface area (TPSA) is 32.3 Å². The van der Waals surface area contributed by atoms with Crippen LogP contribution < -0.4 is 5.32 Å². The van der Waals surface area contributed by atoms with Crippen molar-refractivity contribution in [1.29, 1.82) is 0 Å². The van der Waals surface area contributed by atoms with Gasteiger partial charge in [-0.2, -0.15) is 0 Å². The first kappa shape index (κ1) is 23.2. The molecule has 0 radical (unpaired) electrons. The minimum Gasteiger partial charge on any atom is -0.356 e. The third kappa shape index (κ3) is 19.2. The van der Waals surface area contributed by atoms with E-state index >= 15 is 0 Å². The van der Waals surface area contributed by atoms with Crippen LogP contribution in [0.25, 0.3) is 0 Å². The SMILES string of the molecule is CCCCCCC=CCCCCCCCC(=O)NCCCN(C)C. The zero-order chi connectivity index (χ0) is 17.9. The normalized spacial score (nSPS) is 11.5. The lowest BCUT2D eigenvalue weighted by atomic mass is 10.1. The number of carbonyl (C=O) groups is 1. The fraction of sp³-hybridized carbons (Fsp3) is 0.857. The maximum atomic E-state index is 11.7. The number of hydrogen-bond acceptors (Lipinski definition) is 2. The molecular formula is C21H42N2O. The Balaban J connectivity index is 3.21. The van der Waals surface area contributed by atoms with Gasteiger partial charge in [0.15, 0.2) is 0 Å². The summed E-state index contributed by atoms with van der Waals surface area (Å²) in [5.74, 6) is 0.222. The largest absolute Gasteiger partial charge is 0.356 e. The highest BCUT2D eigenvalue weighted by Crippen LogP contribution is 2.08. The average molecular weight is 339 g/mol. The standard InChI is InChI=1S/C21H42N2O/c1-4-5-6-7-8-9-10-11-12-13-14-15-16-18-21(24)22-19-17-20-23(2)3/h9-10H,4-8,11-20H2,1-3H3,(H,22,24). The lowest BCUT2D eigenvalue weighted by molar-refractivity contribution is -0.121. The molecule has 0 aromatic rings. The molecule has 0 bridgehead atoms. The number of unbranched alkanes of at least 4 members (excludes halogenated alkanes) is 9. The smallest absolute Gasteiger partial charge is 0.219 e. The molecule has 0 saturated carbocycles. The van der Waals surface area contributed by atoms with Crippen molar-refractivity contribution in [2.24, 2.45) is 0 Å². The minimum absolute atomic E-state index is 0.222. The molecule has 0 aromatic carbocycles. The second-order valence-electron chi connectivity index (χ2n) is 7.13. The second kappa shape index (κ2) is 18.5. The Morgan fingerprint density at radius 3 is 2.04 bits per heavy atom. The van der Waals surface area contributed by atoms with Gasteiger partial charge in [-0.3, -0.25) is 4.79 Å². The summed E-state index contributed by atoms with van der Waals surface area (Å²) < 4.78 is 0. The van der Waals surface area contributed by atoms with Gasteiger partial charge in [-0.1, -0.05) is 57.6 Å². The fourth-order valence-electron chi connectivity index (χ4n) is 2.71. The van der Waals surface area contributed by atoms with Crippen LogP contribution >= 0.6 is 0 Å². The molecule has 0 atom stereocenters. The van der Waals surface area contributed by atoms with Crippen molar-refractivity contribution < 1.29 is 4.79 Å². The van der Waals surface area contributed by atoms with E-state index in [4.69, 9.17) is 0 Å². The van der Waals surface area contributed by atoms with E-state index in [1.807, 2.05) is 0 Å². The van der Waals surface area contributed by atoms with E-state index in [-0.39, 0.29) is 5.91 Å². The van der Waals surface area contributed by atoms with E-state index in [1.54, 1.807) is 0 Å². The average Bonchev–Trinajstić information content (AvgIpc) is 2.55. The molecule has 24 heavy (non-hydrogen) atoms. The van der Waals surface area contributed by atoms with Crippen LogP contribution in [-0.4, -0.2) is 38.0 Å². The first-order valence-electron chi connectivity index (χ1n) is 10.2. The molecule has 0 fully saturated rings. The Bertz CT molecular complexity index is 300. The van der Waals surface area contributed by atoms with E-state index in [9.17, 15) is 4.79 Å².